The monoisotopic (exact) mass is 212 g/mol. The first kappa shape index (κ1) is 12.0. The molecular formula is C11H20N2O2. The van der Waals surface area contributed by atoms with Crippen LogP contribution in [-0.2, 0) is 9.59 Å². The van der Waals surface area contributed by atoms with Gasteiger partial charge in [0.15, 0.2) is 0 Å². The van der Waals surface area contributed by atoms with Gasteiger partial charge in [-0.3, -0.25) is 9.59 Å². The average Bonchev–Trinajstić information content (AvgIpc) is 2.10. The summed E-state index contributed by atoms with van der Waals surface area (Å²) in [6.45, 7) is 8.73. The normalized spacial score (nSPS) is 18.6. The topological polar surface area (TPSA) is 49.4 Å². The lowest BCUT2D eigenvalue weighted by Crippen LogP contribution is -2.63. The van der Waals surface area contributed by atoms with Crippen LogP contribution in [0, 0.1) is 5.41 Å². The van der Waals surface area contributed by atoms with E-state index in [-0.39, 0.29) is 23.3 Å². The number of carbonyl (C=O) groups excluding carboxylic acids is 2. The third-order valence-corrected chi connectivity index (χ3v) is 2.70. The molecule has 0 spiro atoms. The van der Waals surface area contributed by atoms with Gasteiger partial charge >= 0.3 is 0 Å². The number of likely N-dealkylation sites (tertiary alicyclic amines) is 1. The first-order valence-corrected chi connectivity index (χ1v) is 5.48. The van der Waals surface area contributed by atoms with E-state index in [1.165, 1.54) is 0 Å². The molecule has 0 radical (unpaired) electrons. The number of hydrogen-bond acceptors (Lipinski definition) is 2. The van der Waals surface area contributed by atoms with Crippen LogP contribution in [-0.4, -0.2) is 35.8 Å². The van der Waals surface area contributed by atoms with Crippen LogP contribution >= 0.6 is 0 Å². The Morgan fingerprint density at radius 3 is 2.33 bits per heavy atom. The molecule has 1 saturated heterocycles. The zero-order chi connectivity index (χ0) is 11.6. The molecule has 0 unspecified atom stereocenters. The van der Waals surface area contributed by atoms with Gasteiger partial charge in [-0.05, 0) is 20.8 Å². The van der Waals surface area contributed by atoms with E-state index in [1.54, 1.807) is 4.90 Å². The van der Waals surface area contributed by atoms with E-state index in [9.17, 15) is 9.59 Å². The molecule has 1 aliphatic heterocycles. The van der Waals surface area contributed by atoms with Gasteiger partial charge in [0.2, 0.25) is 11.8 Å². The van der Waals surface area contributed by atoms with E-state index in [0.29, 0.717) is 19.5 Å². The third-order valence-electron chi connectivity index (χ3n) is 2.70. The maximum atomic E-state index is 11.8. The van der Waals surface area contributed by atoms with Crippen molar-refractivity contribution in [3.63, 3.8) is 0 Å². The fourth-order valence-corrected chi connectivity index (χ4v) is 1.78. The molecule has 1 rings (SSSR count). The molecule has 4 nitrogen and oxygen atoms in total. The second-order valence-corrected chi connectivity index (χ2v) is 4.79. The number of carbonyl (C=O) groups is 2. The molecule has 15 heavy (non-hydrogen) atoms. The van der Waals surface area contributed by atoms with Crippen LogP contribution in [0.1, 0.15) is 34.1 Å². The van der Waals surface area contributed by atoms with Crippen molar-refractivity contribution in [2.24, 2.45) is 5.41 Å². The van der Waals surface area contributed by atoms with Crippen molar-refractivity contribution in [1.82, 2.24) is 10.2 Å². The lowest BCUT2D eigenvalue weighted by atomic mass is 9.80. The van der Waals surface area contributed by atoms with Crippen LogP contribution < -0.4 is 5.32 Å². The minimum absolute atomic E-state index is 0.0534. The maximum absolute atomic E-state index is 11.8. The van der Waals surface area contributed by atoms with Crippen molar-refractivity contribution in [1.29, 1.82) is 0 Å². The second kappa shape index (κ2) is 4.21. The Balaban J connectivity index is 2.46. The molecule has 0 aromatic heterocycles. The lowest BCUT2D eigenvalue weighted by Gasteiger charge is -2.46. The summed E-state index contributed by atoms with van der Waals surface area (Å²) in [6, 6.07) is 0.158. The highest BCUT2D eigenvalue weighted by atomic mass is 16.2. The number of rotatable bonds is 3. The summed E-state index contributed by atoms with van der Waals surface area (Å²) in [5.74, 6) is 0.183. The van der Waals surface area contributed by atoms with E-state index >= 15 is 0 Å². The van der Waals surface area contributed by atoms with Crippen molar-refractivity contribution in [2.45, 2.75) is 40.2 Å². The summed E-state index contributed by atoms with van der Waals surface area (Å²) in [6.07, 6.45) is 0.516. The SMILES string of the molecule is CCC(=O)N1CC(C)(C(=O)NC(C)C)C1. The number of hydrogen-bond donors (Lipinski definition) is 1. The van der Waals surface area contributed by atoms with E-state index in [0.717, 1.165) is 0 Å². The van der Waals surface area contributed by atoms with Crippen LogP contribution in [0.25, 0.3) is 0 Å². The number of nitrogens with zero attached hydrogens (tertiary/aromatic N) is 1. The van der Waals surface area contributed by atoms with Gasteiger partial charge in [-0.25, -0.2) is 0 Å². The van der Waals surface area contributed by atoms with E-state index < -0.39 is 0 Å². The Bertz CT molecular complexity index is 268. The highest BCUT2D eigenvalue weighted by Crippen LogP contribution is 2.30. The van der Waals surface area contributed by atoms with Gasteiger partial charge in [-0.2, -0.15) is 0 Å². The Kier molecular flexibility index (Phi) is 3.37. The molecule has 1 N–H and O–H groups in total. The Labute approximate surface area is 91.0 Å². The van der Waals surface area contributed by atoms with E-state index in [4.69, 9.17) is 0 Å². The predicted molar refractivity (Wildman–Crippen MR) is 58.3 cm³/mol. The summed E-state index contributed by atoms with van der Waals surface area (Å²) in [5.41, 5.74) is -0.380. The highest BCUT2D eigenvalue weighted by Gasteiger charge is 2.46. The Morgan fingerprint density at radius 2 is 1.93 bits per heavy atom. The average molecular weight is 212 g/mol. The van der Waals surface area contributed by atoms with Crippen molar-refractivity contribution in [2.75, 3.05) is 13.1 Å². The van der Waals surface area contributed by atoms with Gasteiger partial charge < -0.3 is 10.2 Å². The van der Waals surface area contributed by atoms with Gasteiger partial charge in [-0.15, -0.1) is 0 Å². The van der Waals surface area contributed by atoms with Crippen molar-refractivity contribution in [3.05, 3.63) is 0 Å². The van der Waals surface area contributed by atoms with Crippen LogP contribution in [0.3, 0.4) is 0 Å². The lowest BCUT2D eigenvalue weighted by molar-refractivity contribution is -0.151. The highest BCUT2D eigenvalue weighted by molar-refractivity contribution is 5.87. The zero-order valence-corrected chi connectivity index (χ0v) is 9.96. The Morgan fingerprint density at radius 1 is 1.40 bits per heavy atom. The molecule has 4 heteroatoms. The number of amides is 2. The maximum Gasteiger partial charge on any atom is 0.229 e. The zero-order valence-electron chi connectivity index (χ0n) is 9.96. The third kappa shape index (κ3) is 2.49. The molecule has 1 aliphatic rings. The summed E-state index contributed by atoms with van der Waals surface area (Å²) in [4.78, 5) is 24.8. The minimum atomic E-state index is -0.380. The van der Waals surface area contributed by atoms with Gasteiger partial charge in [0, 0.05) is 25.6 Å². The summed E-state index contributed by atoms with van der Waals surface area (Å²) >= 11 is 0. The fraction of sp³-hybridized carbons (Fsp3) is 0.818. The molecule has 1 fully saturated rings. The molecule has 0 aromatic rings. The van der Waals surface area contributed by atoms with E-state index in [2.05, 4.69) is 5.32 Å². The largest absolute Gasteiger partial charge is 0.353 e. The van der Waals surface area contributed by atoms with Crippen LogP contribution in [0.15, 0.2) is 0 Å². The standard InChI is InChI=1S/C11H20N2O2/c1-5-9(14)13-6-11(4,7-13)10(15)12-8(2)3/h8H,5-7H2,1-4H3,(H,12,15). The molecule has 2 amide bonds. The Hall–Kier alpha value is -1.06. The molecule has 0 aromatic carbocycles. The number of nitrogens with one attached hydrogen (secondary N) is 1. The molecule has 0 aliphatic carbocycles. The molecule has 0 atom stereocenters. The van der Waals surface area contributed by atoms with Gasteiger partial charge in [0.25, 0.3) is 0 Å². The first-order chi connectivity index (χ1) is 6.89. The van der Waals surface area contributed by atoms with E-state index in [1.807, 2.05) is 27.7 Å². The fourth-order valence-electron chi connectivity index (χ4n) is 1.78. The summed E-state index contributed by atoms with van der Waals surface area (Å²) < 4.78 is 0. The van der Waals surface area contributed by atoms with Gasteiger partial charge in [0.1, 0.15) is 0 Å². The predicted octanol–water partition coefficient (Wildman–Crippen LogP) is 0.769. The van der Waals surface area contributed by atoms with Crippen LogP contribution in [0.4, 0.5) is 0 Å². The van der Waals surface area contributed by atoms with Crippen molar-refractivity contribution in [3.8, 4) is 0 Å². The minimum Gasteiger partial charge on any atom is -0.353 e. The van der Waals surface area contributed by atoms with Crippen LogP contribution in [0.2, 0.25) is 0 Å². The summed E-state index contributed by atoms with van der Waals surface area (Å²) in [7, 11) is 0. The molecular weight excluding hydrogens is 192 g/mol. The first-order valence-electron chi connectivity index (χ1n) is 5.48. The molecule has 86 valence electrons. The van der Waals surface area contributed by atoms with Crippen molar-refractivity contribution >= 4 is 11.8 Å². The molecule has 1 heterocycles. The van der Waals surface area contributed by atoms with Crippen molar-refractivity contribution < 1.29 is 9.59 Å². The summed E-state index contributed by atoms with van der Waals surface area (Å²) in [5, 5.41) is 2.89. The smallest absolute Gasteiger partial charge is 0.229 e. The van der Waals surface area contributed by atoms with Gasteiger partial charge in [0.05, 0.1) is 5.41 Å². The quantitative estimate of drug-likeness (QED) is 0.751. The molecule has 0 bridgehead atoms. The molecule has 0 saturated carbocycles. The second-order valence-electron chi connectivity index (χ2n) is 4.79. The van der Waals surface area contributed by atoms with Crippen LogP contribution in [0.5, 0.6) is 0 Å². The van der Waals surface area contributed by atoms with Gasteiger partial charge in [-0.1, -0.05) is 6.92 Å².